The molecule has 0 aliphatic carbocycles. The molecule has 0 radical (unpaired) electrons. The molecule has 1 amide bonds. The summed E-state index contributed by atoms with van der Waals surface area (Å²) >= 11 is 0. The van der Waals surface area contributed by atoms with Crippen molar-refractivity contribution in [1.29, 1.82) is 0 Å². The standard InChI is InChI=1S/C17H23NO5/c1-17(2,3)23-16(22)18(10-11-19)12-14-6-4-13(5-7-14)8-9-15(20)21/h4-9,19H,10-12H2,1-3H3,(H,20,21)/b9-8+. The summed E-state index contributed by atoms with van der Waals surface area (Å²) in [5.74, 6) is -1.01. The fourth-order valence-corrected chi connectivity index (χ4v) is 1.80. The third-order valence-electron chi connectivity index (χ3n) is 2.79. The Hall–Kier alpha value is -2.34. The smallest absolute Gasteiger partial charge is 0.410 e. The van der Waals surface area contributed by atoms with Gasteiger partial charge in [0.1, 0.15) is 5.60 Å². The number of hydrogen-bond acceptors (Lipinski definition) is 4. The highest BCUT2D eigenvalue weighted by Crippen LogP contribution is 2.13. The lowest BCUT2D eigenvalue weighted by Gasteiger charge is -2.27. The molecule has 1 aromatic rings. The molecular weight excluding hydrogens is 298 g/mol. The Kier molecular flexibility index (Phi) is 6.78. The van der Waals surface area contributed by atoms with Crippen LogP contribution in [0, 0.1) is 0 Å². The van der Waals surface area contributed by atoms with E-state index in [4.69, 9.17) is 14.9 Å². The summed E-state index contributed by atoms with van der Waals surface area (Å²) in [5, 5.41) is 17.7. The summed E-state index contributed by atoms with van der Waals surface area (Å²) in [7, 11) is 0. The average molecular weight is 321 g/mol. The lowest BCUT2D eigenvalue weighted by molar-refractivity contribution is -0.131. The lowest BCUT2D eigenvalue weighted by Crippen LogP contribution is -2.38. The summed E-state index contributed by atoms with van der Waals surface area (Å²) in [4.78, 5) is 24.0. The molecule has 6 nitrogen and oxygen atoms in total. The zero-order chi connectivity index (χ0) is 17.5. The summed E-state index contributed by atoms with van der Waals surface area (Å²) in [6, 6.07) is 7.13. The highest BCUT2D eigenvalue weighted by atomic mass is 16.6. The summed E-state index contributed by atoms with van der Waals surface area (Å²) in [6.45, 7) is 5.68. The average Bonchev–Trinajstić information content (AvgIpc) is 2.44. The van der Waals surface area contributed by atoms with E-state index in [1.807, 2.05) is 0 Å². The molecule has 126 valence electrons. The van der Waals surface area contributed by atoms with Gasteiger partial charge in [-0.25, -0.2) is 9.59 Å². The van der Waals surface area contributed by atoms with Crippen LogP contribution in [0.15, 0.2) is 30.3 Å². The van der Waals surface area contributed by atoms with Gasteiger partial charge in [-0.1, -0.05) is 24.3 Å². The number of ether oxygens (including phenoxy) is 1. The molecule has 0 aliphatic heterocycles. The molecule has 6 heteroatoms. The van der Waals surface area contributed by atoms with E-state index in [2.05, 4.69) is 0 Å². The Labute approximate surface area is 136 Å². The molecule has 0 aliphatic rings. The van der Waals surface area contributed by atoms with E-state index in [0.717, 1.165) is 17.2 Å². The van der Waals surface area contributed by atoms with Crippen molar-refractivity contribution in [2.75, 3.05) is 13.2 Å². The second-order valence-corrected chi connectivity index (χ2v) is 6.04. The molecule has 1 rings (SSSR count). The van der Waals surface area contributed by atoms with Gasteiger partial charge in [-0.2, -0.15) is 0 Å². The van der Waals surface area contributed by atoms with Crippen molar-refractivity contribution in [3.8, 4) is 0 Å². The van der Waals surface area contributed by atoms with Crippen LogP contribution >= 0.6 is 0 Å². The van der Waals surface area contributed by atoms with Gasteiger partial charge >= 0.3 is 12.1 Å². The predicted octanol–water partition coefficient (Wildman–Crippen LogP) is 2.51. The Bertz CT molecular complexity index is 557. The number of aliphatic hydroxyl groups is 1. The minimum Gasteiger partial charge on any atom is -0.478 e. The fourth-order valence-electron chi connectivity index (χ4n) is 1.80. The number of carbonyl (C=O) groups excluding carboxylic acids is 1. The summed E-state index contributed by atoms with van der Waals surface area (Å²) < 4.78 is 5.31. The topological polar surface area (TPSA) is 87.1 Å². The quantitative estimate of drug-likeness (QED) is 0.786. The number of aliphatic hydroxyl groups excluding tert-OH is 1. The molecule has 0 unspecified atom stereocenters. The monoisotopic (exact) mass is 321 g/mol. The summed E-state index contributed by atoms with van der Waals surface area (Å²) in [5.41, 5.74) is 1.01. The van der Waals surface area contributed by atoms with E-state index in [-0.39, 0.29) is 13.2 Å². The van der Waals surface area contributed by atoms with E-state index >= 15 is 0 Å². The molecular formula is C17H23NO5. The van der Waals surface area contributed by atoms with Gasteiger partial charge in [-0.15, -0.1) is 0 Å². The van der Waals surface area contributed by atoms with Gasteiger partial charge in [0.05, 0.1) is 6.61 Å². The molecule has 2 N–H and O–H groups in total. The molecule has 0 heterocycles. The van der Waals surface area contributed by atoms with Crippen LogP contribution in [0.3, 0.4) is 0 Å². The number of benzene rings is 1. The van der Waals surface area contributed by atoms with Crippen molar-refractivity contribution in [2.45, 2.75) is 32.9 Å². The normalized spacial score (nSPS) is 11.5. The van der Waals surface area contributed by atoms with Crippen LogP contribution in [-0.4, -0.2) is 45.9 Å². The maximum Gasteiger partial charge on any atom is 0.410 e. The maximum absolute atomic E-state index is 12.1. The third kappa shape index (κ3) is 7.46. The first-order valence-corrected chi connectivity index (χ1v) is 7.30. The Balaban J connectivity index is 2.76. The minimum absolute atomic E-state index is 0.154. The van der Waals surface area contributed by atoms with Crippen LogP contribution in [0.1, 0.15) is 31.9 Å². The molecule has 0 saturated heterocycles. The van der Waals surface area contributed by atoms with Crippen molar-refractivity contribution in [2.24, 2.45) is 0 Å². The van der Waals surface area contributed by atoms with Crippen molar-refractivity contribution >= 4 is 18.1 Å². The first-order chi connectivity index (χ1) is 10.7. The van der Waals surface area contributed by atoms with E-state index in [1.165, 1.54) is 11.0 Å². The van der Waals surface area contributed by atoms with E-state index < -0.39 is 17.7 Å². The van der Waals surface area contributed by atoms with Gasteiger partial charge in [0.15, 0.2) is 0 Å². The van der Waals surface area contributed by atoms with Crippen molar-refractivity contribution in [1.82, 2.24) is 4.90 Å². The van der Waals surface area contributed by atoms with Gasteiger partial charge in [-0.3, -0.25) is 0 Å². The van der Waals surface area contributed by atoms with Crippen LogP contribution in [0.4, 0.5) is 4.79 Å². The van der Waals surface area contributed by atoms with E-state index in [1.54, 1.807) is 45.0 Å². The minimum atomic E-state index is -1.01. The molecule has 0 atom stereocenters. The highest BCUT2D eigenvalue weighted by molar-refractivity contribution is 5.85. The number of hydrogen-bond donors (Lipinski definition) is 2. The number of amides is 1. The predicted molar refractivity (Wildman–Crippen MR) is 86.8 cm³/mol. The molecule has 1 aromatic carbocycles. The number of carboxylic acid groups (broad SMARTS) is 1. The molecule has 0 aromatic heterocycles. The molecule has 0 spiro atoms. The molecule has 23 heavy (non-hydrogen) atoms. The van der Waals surface area contributed by atoms with Gasteiger partial charge in [-0.05, 0) is 38.0 Å². The van der Waals surface area contributed by atoms with E-state index in [9.17, 15) is 9.59 Å². The zero-order valence-corrected chi connectivity index (χ0v) is 13.7. The van der Waals surface area contributed by atoms with Crippen molar-refractivity contribution in [3.05, 3.63) is 41.5 Å². The second-order valence-electron chi connectivity index (χ2n) is 6.04. The Morgan fingerprint density at radius 3 is 2.30 bits per heavy atom. The highest BCUT2D eigenvalue weighted by Gasteiger charge is 2.21. The number of rotatable bonds is 6. The SMILES string of the molecule is CC(C)(C)OC(=O)N(CCO)Cc1ccc(/C=C/C(=O)O)cc1. The Morgan fingerprint density at radius 2 is 1.83 bits per heavy atom. The molecule has 0 saturated carbocycles. The number of nitrogens with zero attached hydrogens (tertiary/aromatic N) is 1. The van der Waals surface area contributed by atoms with Crippen LogP contribution < -0.4 is 0 Å². The van der Waals surface area contributed by atoms with Crippen LogP contribution in [0.5, 0.6) is 0 Å². The largest absolute Gasteiger partial charge is 0.478 e. The first kappa shape index (κ1) is 18.7. The third-order valence-corrected chi connectivity index (χ3v) is 2.79. The lowest BCUT2D eigenvalue weighted by atomic mass is 10.1. The molecule has 0 fully saturated rings. The fraction of sp³-hybridized carbons (Fsp3) is 0.412. The second kappa shape index (κ2) is 8.33. The number of aliphatic carboxylic acids is 1. The molecule has 0 bridgehead atoms. The number of carboxylic acids is 1. The summed E-state index contributed by atoms with van der Waals surface area (Å²) in [6.07, 6.45) is 2.07. The van der Waals surface area contributed by atoms with Crippen molar-refractivity contribution < 1.29 is 24.5 Å². The van der Waals surface area contributed by atoms with Crippen LogP contribution in [-0.2, 0) is 16.1 Å². The van der Waals surface area contributed by atoms with E-state index in [0.29, 0.717) is 6.54 Å². The van der Waals surface area contributed by atoms with Gasteiger partial charge in [0, 0.05) is 19.2 Å². The van der Waals surface area contributed by atoms with Gasteiger partial charge in [0.2, 0.25) is 0 Å². The maximum atomic E-state index is 12.1. The van der Waals surface area contributed by atoms with Crippen molar-refractivity contribution in [3.63, 3.8) is 0 Å². The number of carbonyl (C=O) groups is 2. The zero-order valence-electron chi connectivity index (χ0n) is 13.7. The Morgan fingerprint density at radius 1 is 1.22 bits per heavy atom. The first-order valence-electron chi connectivity index (χ1n) is 7.30. The van der Waals surface area contributed by atoms with Crippen LogP contribution in [0.2, 0.25) is 0 Å². The van der Waals surface area contributed by atoms with Gasteiger partial charge < -0.3 is 19.8 Å². The van der Waals surface area contributed by atoms with Crippen LogP contribution in [0.25, 0.3) is 6.08 Å². The van der Waals surface area contributed by atoms with Gasteiger partial charge in [0.25, 0.3) is 0 Å².